The van der Waals surface area contributed by atoms with E-state index >= 15 is 0 Å². The Labute approximate surface area is 109 Å². The molecule has 0 saturated heterocycles. The molecule has 0 aliphatic carbocycles. The topological polar surface area (TPSA) is 62.8 Å². The van der Waals surface area contributed by atoms with E-state index in [2.05, 4.69) is 15.2 Å². The molecule has 92 valence electrons. The van der Waals surface area contributed by atoms with Gasteiger partial charge in [0, 0.05) is 10.7 Å². The first-order valence-corrected chi connectivity index (χ1v) is 5.79. The zero-order chi connectivity index (χ0) is 13.1. The summed E-state index contributed by atoms with van der Waals surface area (Å²) >= 11 is 0. The Hall–Kier alpha value is -2.82. The fraction of sp³-hybridized carbons (Fsp3) is 0. The summed E-state index contributed by atoms with van der Waals surface area (Å²) in [6.45, 7) is 0. The van der Waals surface area contributed by atoms with Gasteiger partial charge in [0.25, 0.3) is 0 Å². The van der Waals surface area contributed by atoms with Gasteiger partial charge in [0.05, 0.1) is 6.20 Å². The number of hydrogen-bond acceptors (Lipinski definition) is 4. The van der Waals surface area contributed by atoms with Gasteiger partial charge in [-0.25, -0.2) is 4.57 Å². The fourth-order valence-electron chi connectivity index (χ4n) is 1.74. The molecule has 5 heteroatoms. The Morgan fingerprint density at radius 2 is 1.84 bits per heavy atom. The Morgan fingerprint density at radius 1 is 1.00 bits per heavy atom. The molecule has 0 amide bonds. The van der Waals surface area contributed by atoms with Crippen LogP contribution in [-0.2, 0) is 0 Å². The van der Waals surface area contributed by atoms with Crippen LogP contribution in [0, 0.1) is 0 Å². The van der Waals surface area contributed by atoms with Crippen LogP contribution < -0.4 is 4.57 Å². The monoisotopic (exact) mass is 251 g/mol. The lowest BCUT2D eigenvalue weighted by Gasteiger charge is -1.98. The Balaban J connectivity index is 2.06. The largest absolute Gasteiger partial charge is 0.505 e. The van der Waals surface area contributed by atoms with Crippen molar-refractivity contribution >= 4 is 0 Å². The summed E-state index contributed by atoms with van der Waals surface area (Å²) in [5, 5.41) is 17.4. The van der Waals surface area contributed by atoms with Crippen molar-refractivity contribution in [2.45, 2.75) is 0 Å². The average molecular weight is 251 g/mol. The van der Waals surface area contributed by atoms with E-state index in [4.69, 9.17) is 0 Å². The van der Waals surface area contributed by atoms with Crippen molar-refractivity contribution < 1.29 is 9.67 Å². The molecule has 0 bridgehead atoms. The number of benzene rings is 1. The summed E-state index contributed by atoms with van der Waals surface area (Å²) in [7, 11) is 0. The van der Waals surface area contributed by atoms with Gasteiger partial charge in [-0.3, -0.25) is 0 Å². The molecular formula is C14H11N4O+. The van der Waals surface area contributed by atoms with Gasteiger partial charge in [0.15, 0.2) is 5.69 Å². The highest BCUT2D eigenvalue weighted by atomic mass is 16.3. The van der Waals surface area contributed by atoms with Crippen molar-refractivity contribution in [3.05, 3.63) is 61.1 Å². The first-order chi connectivity index (χ1) is 9.33. The Kier molecular flexibility index (Phi) is 2.86. The predicted octanol–water partition coefficient (Wildman–Crippen LogP) is 1.52. The predicted molar refractivity (Wildman–Crippen MR) is 68.5 cm³/mol. The van der Waals surface area contributed by atoms with Gasteiger partial charge in [-0.05, 0) is 12.1 Å². The summed E-state index contributed by atoms with van der Waals surface area (Å²) < 4.78 is 1.62. The molecule has 0 aliphatic rings. The van der Waals surface area contributed by atoms with E-state index < -0.39 is 0 Å². The van der Waals surface area contributed by atoms with Crippen LogP contribution >= 0.6 is 0 Å². The number of rotatable bonds is 2. The first kappa shape index (κ1) is 11.3. The summed E-state index contributed by atoms with van der Waals surface area (Å²) in [6, 6.07) is 13.1. The maximum absolute atomic E-state index is 9.46. The lowest BCUT2D eigenvalue weighted by atomic mass is 10.2. The zero-order valence-electron chi connectivity index (χ0n) is 10.0. The van der Waals surface area contributed by atoms with E-state index in [1.807, 2.05) is 30.3 Å². The minimum Gasteiger partial charge on any atom is -0.505 e. The third-order valence-corrected chi connectivity index (χ3v) is 2.63. The lowest BCUT2D eigenvalue weighted by molar-refractivity contribution is -0.604. The summed E-state index contributed by atoms with van der Waals surface area (Å²) in [4.78, 5) is 4.43. The molecule has 0 spiro atoms. The van der Waals surface area contributed by atoms with E-state index in [9.17, 15) is 5.11 Å². The quantitative estimate of drug-likeness (QED) is 0.701. The Morgan fingerprint density at radius 3 is 2.63 bits per heavy atom. The standard InChI is InChI=1S/C14H10N4O/c19-12-7-4-8-18(10-12)14-16-13(9-15-17-14)11-5-2-1-3-6-11/h1-10H/p+1. The minimum absolute atomic E-state index is 0.149. The van der Waals surface area contributed by atoms with Crippen molar-refractivity contribution in [1.29, 1.82) is 0 Å². The third-order valence-electron chi connectivity index (χ3n) is 2.63. The second-order valence-corrected chi connectivity index (χ2v) is 3.98. The number of aromatic hydroxyl groups is 1. The summed E-state index contributed by atoms with van der Waals surface area (Å²) in [5.41, 5.74) is 1.71. The van der Waals surface area contributed by atoms with Crippen LogP contribution in [0.15, 0.2) is 61.1 Å². The summed E-state index contributed by atoms with van der Waals surface area (Å²) in [6.07, 6.45) is 4.90. The second-order valence-electron chi connectivity index (χ2n) is 3.98. The van der Waals surface area contributed by atoms with Crippen LogP contribution in [-0.4, -0.2) is 20.3 Å². The molecule has 2 aromatic heterocycles. The van der Waals surface area contributed by atoms with Crippen molar-refractivity contribution in [2.24, 2.45) is 0 Å². The molecule has 3 rings (SSSR count). The smallest absolute Gasteiger partial charge is 0.460 e. The molecule has 0 aliphatic heterocycles. The number of nitrogens with zero attached hydrogens (tertiary/aromatic N) is 4. The van der Waals surface area contributed by atoms with E-state index in [0.717, 1.165) is 11.3 Å². The van der Waals surface area contributed by atoms with Crippen LogP contribution in [0.2, 0.25) is 0 Å². The van der Waals surface area contributed by atoms with Gasteiger partial charge in [0.2, 0.25) is 0 Å². The molecule has 1 aromatic carbocycles. The third kappa shape index (κ3) is 2.40. The fourth-order valence-corrected chi connectivity index (χ4v) is 1.74. The van der Waals surface area contributed by atoms with Crippen LogP contribution in [0.25, 0.3) is 17.2 Å². The van der Waals surface area contributed by atoms with Gasteiger partial charge in [-0.1, -0.05) is 40.4 Å². The van der Waals surface area contributed by atoms with Gasteiger partial charge in [-0.2, -0.15) is 0 Å². The van der Waals surface area contributed by atoms with Crippen molar-refractivity contribution in [3.8, 4) is 23.0 Å². The molecule has 19 heavy (non-hydrogen) atoms. The maximum atomic E-state index is 9.46. The van der Waals surface area contributed by atoms with Gasteiger partial charge >= 0.3 is 5.95 Å². The van der Waals surface area contributed by atoms with E-state index in [-0.39, 0.29) is 5.75 Å². The van der Waals surface area contributed by atoms with Crippen molar-refractivity contribution in [2.75, 3.05) is 0 Å². The molecule has 0 unspecified atom stereocenters. The van der Waals surface area contributed by atoms with Crippen molar-refractivity contribution in [1.82, 2.24) is 15.2 Å². The van der Waals surface area contributed by atoms with Crippen LogP contribution in [0.1, 0.15) is 0 Å². The van der Waals surface area contributed by atoms with E-state index in [0.29, 0.717) is 5.95 Å². The molecular weight excluding hydrogens is 240 g/mol. The number of aromatic nitrogens is 4. The van der Waals surface area contributed by atoms with Gasteiger partial charge in [0.1, 0.15) is 18.1 Å². The highest BCUT2D eigenvalue weighted by Gasteiger charge is 2.14. The highest BCUT2D eigenvalue weighted by Crippen LogP contribution is 2.14. The zero-order valence-corrected chi connectivity index (χ0v) is 10.0. The SMILES string of the molecule is Oc1ccc[n+](-c2nncc(-c3ccccc3)n2)c1. The van der Waals surface area contributed by atoms with Gasteiger partial charge in [-0.15, -0.1) is 0 Å². The molecule has 0 fully saturated rings. The molecule has 5 nitrogen and oxygen atoms in total. The average Bonchev–Trinajstić information content (AvgIpc) is 2.48. The van der Waals surface area contributed by atoms with Crippen LogP contribution in [0.5, 0.6) is 5.75 Å². The molecule has 0 radical (unpaired) electrons. The van der Waals surface area contributed by atoms with E-state index in [1.54, 1.807) is 29.1 Å². The van der Waals surface area contributed by atoms with Crippen LogP contribution in [0.3, 0.4) is 0 Å². The second kappa shape index (κ2) is 4.81. The van der Waals surface area contributed by atoms with Gasteiger partial charge < -0.3 is 5.11 Å². The maximum Gasteiger partial charge on any atom is 0.460 e. The molecule has 0 atom stereocenters. The number of pyridine rings is 1. The Bertz CT molecular complexity index is 701. The lowest BCUT2D eigenvalue weighted by Crippen LogP contribution is -2.32. The summed E-state index contributed by atoms with van der Waals surface area (Å²) in [5.74, 6) is 0.563. The van der Waals surface area contributed by atoms with Crippen molar-refractivity contribution in [3.63, 3.8) is 0 Å². The number of hydrogen-bond donors (Lipinski definition) is 1. The molecule has 1 N–H and O–H groups in total. The first-order valence-electron chi connectivity index (χ1n) is 5.79. The van der Waals surface area contributed by atoms with Crippen LogP contribution in [0.4, 0.5) is 0 Å². The highest BCUT2D eigenvalue weighted by molar-refractivity contribution is 5.57. The molecule has 2 heterocycles. The molecule has 3 aromatic rings. The molecule has 0 saturated carbocycles. The van der Waals surface area contributed by atoms with E-state index in [1.165, 1.54) is 6.20 Å². The minimum atomic E-state index is 0.149. The normalized spacial score (nSPS) is 10.3.